The smallest absolute Gasteiger partial charge is 0.221 e. The highest BCUT2D eigenvalue weighted by molar-refractivity contribution is 7.18. The number of hydrogen-bond donors (Lipinski definition) is 1. The van der Waals surface area contributed by atoms with Crippen LogP contribution in [0.5, 0.6) is 0 Å². The van der Waals surface area contributed by atoms with Gasteiger partial charge in [-0.15, -0.1) is 11.3 Å². The molecule has 1 N–H and O–H groups in total. The van der Waals surface area contributed by atoms with Gasteiger partial charge in [-0.1, -0.05) is 35.9 Å². The van der Waals surface area contributed by atoms with Crippen molar-refractivity contribution in [2.24, 2.45) is 0 Å². The van der Waals surface area contributed by atoms with Crippen molar-refractivity contribution in [3.63, 3.8) is 0 Å². The second-order valence-electron chi connectivity index (χ2n) is 6.31. The number of ketones is 1. The van der Waals surface area contributed by atoms with E-state index in [0.717, 1.165) is 26.4 Å². The van der Waals surface area contributed by atoms with Crippen LogP contribution in [-0.2, 0) is 16.0 Å². The van der Waals surface area contributed by atoms with Crippen LogP contribution in [0.1, 0.15) is 23.4 Å². The molecular formula is C21H19N3O2S. The van der Waals surface area contributed by atoms with E-state index >= 15 is 0 Å². The first kappa shape index (κ1) is 18.7. The van der Waals surface area contributed by atoms with Crippen LogP contribution < -0.4 is 5.32 Å². The first-order valence-corrected chi connectivity index (χ1v) is 9.48. The summed E-state index contributed by atoms with van der Waals surface area (Å²) in [6.45, 7) is 2.03. The van der Waals surface area contributed by atoms with Crippen molar-refractivity contribution in [3.8, 4) is 17.2 Å². The van der Waals surface area contributed by atoms with E-state index in [4.69, 9.17) is 5.26 Å². The van der Waals surface area contributed by atoms with Crippen LogP contribution in [0.2, 0.25) is 0 Å². The van der Waals surface area contributed by atoms with Crippen LogP contribution in [0.15, 0.2) is 42.5 Å². The number of nitrogens with zero attached hydrogens (tertiary/aromatic N) is 2. The Balaban J connectivity index is 1.67. The average Bonchev–Trinajstić information content (AvgIpc) is 3.06. The summed E-state index contributed by atoms with van der Waals surface area (Å²) in [5, 5.41) is 11.6. The maximum atomic E-state index is 12.1. The predicted molar refractivity (Wildman–Crippen MR) is 106 cm³/mol. The predicted octanol–water partition coefficient (Wildman–Crippen LogP) is 3.80. The van der Waals surface area contributed by atoms with Gasteiger partial charge in [-0.05, 0) is 30.2 Å². The number of benzene rings is 2. The Hall–Kier alpha value is -3.04. The summed E-state index contributed by atoms with van der Waals surface area (Å²) in [6.07, 6.45) is 0.481. The van der Waals surface area contributed by atoms with Crippen molar-refractivity contribution >= 4 is 33.2 Å². The number of fused-ring (bicyclic) bond motifs is 1. The molecule has 0 bridgehead atoms. The molecule has 0 spiro atoms. The minimum Gasteiger partial charge on any atom is -0.343 e. The van der Waals surface area contributed by atoms with Gasteiger partial charge in [0, 0.05) is 12.8 Å². The second kappa shape index (κ2) is 8.56. The van der Waals surface area contributed by atoms with Crippen molar-refractivity contribution in [1.29, 1.82) is 5.26 Å². The lowest BCUT2D eigenvalue weighted by Crippen LogP contribution is -2.24. The first-order chi connectivity index (χ1) is 13.0. The summed E-state index contributed by atoms with van der Waals surface area (Å²) in [5.74, 6) is -0.308. The molecule has 0 atom stereocenters. The van der Waals surface area contributed by atoms with Gasteiger partial charge < -0.3 is 5.32 Å². The molecule has 136 valence electrons. The molecule has 1 amide bonds. The monoisotopic (exact) mass is 377 g/mol. The lowest BCUT2D eigenvalue weighted by molar-refractivity contribution is -0.125. The van der Waals surface area contributed by atoms with E-state index in [0.29, 0.717) is 0 Å². The molecular weight excluding hydrogens is 358 g/mol. The highest BCUT2D eigenvalue weighted by Gasteiger charge is 2.12. The van der Waals surface area contributed by atoms with Crippen LogP contribution in [0.3, 0.4) is 0 Å². The number of thiazole rings is 1. The Morgan fingerprint density at radius 1 is 1.15 bits per heavy atom. The number of amides is 1. The highest BCUT2D eigenvalue weighted by Crippen LogP contribution is 2.29. The van der Waals surface area contributed by atoms with Gasteiger partial charge in [-0.25, -0.2) is 4.98 Å². The molecule has 6 heteroatoms. The van der Waals surface area contributed by atoms with Gasteiger partial charge in [0.1, 0.15) is 17.3 Å². The maximum Gasteiger partial charge on any atom is 0.221 e. The van der Waals surface area contributed by atoms with Crippen LogP contribution in [0.25, 0.3) is 21.3 Å². The Bertz CT molecular complexity index is 1030. The number of aryl methyl sites for hydroxylation is 1. The third-order valence-electron chi connectivity index (χ3n) is 4.13. The van der Waals surface area contributed by atoms with E-state index < -0.39 is 0 Å². The summed E-state index contributed by atoms with van der Waals surface area (Å²) in [7, 11) is 0. The van der Waals surface area contributed by atoms with E-state index in [1.165, 1.54) is 16.9 Å². The zero-order valence-electron chi connectivity index (χ0n) is 15.0. The number of Topliss-reactive ketones (excluding diaryl/α,β-unsaturated/α-hetero) is 1. The molecule has 0 aliphatic heterocycles. The fraction of sp³-hybridized carbons (Fsp3) is 0.238. The summed E-state index contributed by atoms with van der Waals surface area (Å²) in [4.78, 5) is 28.1. The maximum absolute atomic E-state index is 12.1. The van der Waals surface area contributed by atoms with Crippen molar-refractivity contribution in [2.45, 2.75) is 26.2 Å². The molecule has 0 saturated carbocycles. The Morgan fingerprint density at radius 3 is 2.74 bits per heavy atom. The van der Waals surface area contributed by atoms with Crippen LogP contribution >= 0.6 is 11.3 Å². The molecule has 0 fully saturated rings. The van der Waals surface area contributed by atoms with E-state index in [-0.39, 0.29) is 37.5 Å². The van der Waals surface area contributed by atoms with Gasteiger partial charge in [0.15, 0.2) is 0 Å². The number of carbonyl (C=O) groups is 2. The number of nitrogens with one attached hydrogen (secondary N) is 1. The first-order valence-electron chi connectivity index (χ1n) is 8.67. The largest absolute Gasteiger partial charge is 0.343 e. The molecule has 0 aliphatic carbocycles. The zero-order valence-corrected chi connectivity index (χ0v) is 15.8. The van der Waals surface area contributed by atoms with Crippen molar-refractivity contribution < 1.29 is 9.59 Å². The third kappa shape index (κ3) is 4.99. The second-order valence-corrected chi connectivity index (χ2v) is 7.43. The Morgan fingerprint density at radius 2 is 1.96 bits per heavy atom. The zero-order chi connectivity index (χ0) is 19.2. The SMILES string of the molecule is Cc1cccc(-c2ccc3nc(CC(=O)CCC(=O)NCC#N)sc3c2)c1. The Labute approximate surface area is 161 Å². The van der Waals surface area contributed by atoms with Crippen molar-refractivity contribution in [3.05, 3.63) is 53.0 Å². The molecule has 0 radical (unpaired) electrons. The normalized spacial score (nSPS) is 10.5. The van der Waals surface area contributed by atoms with Crippen LogP contribution in [0.4, 0.5) is 0 Å². The third-order valence-corrected chi connectivity index (χ3v) is 5.15. The van der Waals surface area contributed by atoms with Gasteiger partial charge in [-0.3, -0.25) is 9.59 Å². The fourth-order valence-electron chi connectivity index (χ4n) is 2.79. The van der Waals surface area contributed by atoms with Gasteiger partial charge in [0.25, 0.3) is 0 Å². The van der Waals surface area contributed by atoms with E-state index in [1.807, 2.05) is 24.3 Å². The van der Waals surface area contributed by atoms with Gasteiger partial charge >= 0.3 is 0 Å². The van der Waals surface area contributed by atoms with Crippen LogP contribution in [-0.4, -0.2) is 23.2 Å². The van der Waals surface area contributed by atoms with E-state index in [9.17, 15) is 9.59 Å². The summed E-state index contributed by atoms with van der Waals surface area (Å²) in [6, 6.07) is 16.3. The van der Waals surface area contributed by atoms with Crippen molar-refractivity contribution in [1.82, 2.24) is 10.3 Å². The fourth-order valence-corrected chi connectivity index (χ4v) is 3.82. The number of aromatic nitrogens is 1. The molecule has 0 unspecified atom stereocenters. The van der Waals surface area contributed by atoms with E-state index in [2.05, 4.69) is 41.5 Å². The minimum absolute atomic E-state index is 0.0277. The number of hydrogen-bond acceptors (Lipinski definition) is 5. The van der Waals surface area contributed by atoms with E-state index in [1.54, 1.807) is 0 Å². The summed E-state index contributed by atoms with van der Waals surface area (Å²) >= 11 is 1.51. The number of nitriles is 1. The molecule has 0 aliphatic rings. The quantitative estimate of drug-likeness (QED) is 0.635. The van der Waals surface area contributed by atoms with Crippen molar-refractivity contribution in [2.75, 3.05) is 6.54 Å². The lowest BCUT2D eigenvalue weighted by atomic mass is 10.0. The molecule has 27 heavy (non-hydrogen) atoms. The van der Waals surface area contributed by atoms with Gasteiger partial charge in [-0.2, -0.15) is 5.26 Å². The highest BCUT2D eigenvalue weighted by atomic mass is 32.1. The summed E-state index contributed by atoms with van der Waals surface area (Å²) in [5.41, 5.74) is 4.38. The molecule has 0 saturated heterocycles. The van der Waals surface area contributed by atoms with Gasteiger partial charge in [0.2, 0.25) is 5.91 Å². The van der Waals surface area contributed by atoms with Crippen LogP contribution in [0, 0.1) is 18.3 Å². The summed E-state index contributed by atoms with van der Waals surface area (Å²) < 4.78 is 1.04. The average molecular weight is 377 g/mol. The molecule has 1 aromatic heterocycles. The molecule has 2 aromatic carbocycles. The lowest BCUT2D eigenvalue weighted by Gasteiger charge is -2.02. The number of carbonyl (C=O) groups excluding carboxylic acids is 2. The molecule has 3 aromatic rings. The Kier molecular flexibility index (Phi) is 5.94. The standard InChI is InChI=1S/C21H19N3O2S/c1-14-3-2-4-15(11-14)16-5-7-18-19(12-16)27-21(24-18)13-17(25)6-8-20(26)23-10-9-22/h2-5,7,11-12H,6,8,10,13H2,1H3,(H,23,26). The minimum atomic E-state index is -0.281. The molecule has 5 nitrogen and oxygen atoms in total. The molecule has 3 rings (SSSR count). The topological polar surface area (TPSA) is 82.8 Å². The molecule has 1 heterocycles. The number of rotatable bonds is 7. The van der Waals surface area contributed by atoms with Gasteiger partial charge in [0.05, 0.1) is 22.7 Å².